The van der Waals surface area contributed by atoms with E-state index in [-0.39, 0.29) is 0 Å². The highest BCUT2D eigenvalue weighted by atomic mass is 32.1. The van der Waals surface area contributed by atoms with E-state index >= 15 is 0 Å². The molecule has 4 rings (SSSR count). The van der Waals surface area contributed by atoms with Gasteiger partial charge in [0.25, 0.3) is 0 Å². The van der Waals surface area contributed by atoms with Gasteiger partial charge >= 0.3 is 0 Å². The van der Waals surface area contributed by atoms with Gasteiger partial charge in [-0.05, 0) is 23.8 Å². The summed E-state index contributed by atoms with van der Waals surface area (Å²) >= 11 is 5.30. The first-order valence-electron chi connectivity index (χ1n) is 7.62. The molecule has 4 aromatic rings. The molecule has 2 heterocycles. The molecule has 0 aliphatic carbocycles. The third-order valence-electron chi connectivity index (χ3n) is 3.86. The molecule has 0 bridgehead atoms. The van der Waals surface area contributed by atoms with Gasteiger partial charge in [0.1, 0.15) is 0 Å². The van der Waals surface area contributed by atoms with Crippen molar-refractivity contribution >= 4 is 29.3 Å². The van der Waals surface area contributed by atoms with Crippen molar-refractivity contribution in [2.45, 2.75) is 6.42 Å². The van der Waals surface area contributed by atoms with Crippen LogP contribution in [0.25, 0.3) is 10.9 Å². The second kappa shape index (κ2) is 6.25. The highest BCUT2D eigenvalue weighted by Crippen LogP contribution is 2.16. The molecule has 0 atom stereocenters. The Kier molecular flexibility index (Phi) is 3.80. The summed E-state index contributed by atoms with van der Waals surface area (Å²) in [6, 6.07) is 18.3. The van der Waals surface area contributed by atoms with E-state index in [9.17, 15) is 0 Å². The van der Waals surface area contributed by atoms with E-state index in [0.717, 1.165) is 27.9 Å². The molecule has 118 valence electrons. The number of benzene rings is 2. The van der Waals surface area contributed by atoms with Crippen molar-refractivity contribution in [2.24, 2.45) is 5.10 Å². The molecule has 0 aliphatic rings. The van der Waals surface area contributed by atoms with Crippen molar-refractivity contribution in [1.82, 2.24) is 19.9 Å². The van der Waals surface area contributed by atoms with E-state index in [1.165, 1.54) is 0 Å². The predicted octanol–water partition coefficient (Wildman–Crippen LogP) is 3.89. The summed E-state index contributed by atoms with van der Waals surface area (Å²) in [5, 5.41) is 12.8. The summed E-state index contributed by atoms with van der Waals surface area (Å²) in [5.41, 5.74) is 3.26. The molecule has 2 aromatic heterocycles. The van der Waals surface area contributed by atoms with Crippen molar-refractivity contribution in [1.29, 1.82) is 0 Å². The maximum atomic E-state index is 5.30. The van der Waals surface area contributed by atoms with E-state index in [0.29, 0.717) is 11.2 Å². The van der Waals surface area contributed by atoms with Gasteiger partial charge in [-0.25, -0.2) is 0 Å². The minimum atomic E-state index is 0.483. The second-order valence-electron chi connectivity index (χ2n) is 5.45. The van der Waals surface area contributed by atoms with Crippen molar-refractivity contribution < 1.29 is 0 Å². The van der Waals surface area contributed by atoms with E-state index in [1.54, 1.807) is 10.9 Å². The quantitative estimate of drug-likeness (QED) is 0.439. The Morgan fingerprint density at radius 3 is 2.75 bits per heavy atom. The molecule has 0 saturated carbocycles. The van der Waals surface area contributed by atoms with Gasteiger partial charge in [0, 0.05) is 29.1 Å². The fourth-order valence-electron chi connectivity index (χ4n) is 2.66. The molecule has 0 fully saturated rings. The van der Waals surface area contributed by atoms with Crippen LogP contribution in [0.2, 0.25) is 0 Å². The third kappa shape index (κ3) is 2.79. The zero-order valence-electron chi connectivity index (χ0n) is 12.8. The largest absolute Gasteiger partial charge is 0.361 e. The van der Waals surface area contributed by atoms with Gasteiger partial charge in [-0.3, -0.25) is 5.10 Å². The van der Waals surface area contributed by atoms with Crippen LogP contribution in [0.3, 0.4) is 0 Å². The smallest absolute Gasteiger partial charge is 0.216 e. The molecule has 24 heavy (non-hydrogen) atoms. The average molecular weight is 333 g/mol. The lowest BCUT2D eigenvalue weighted by atomic mass is 10.1. The van der Waals surface area contributed by atoms with Crippen LogP contribution in [0.5, 0.6) is 0 Å². The minimum absolute atomic E-state index is 0.483. The molecular weight excluding hydrogens is 318 g/mol. The van der Waals surface area contributed by atoms with Crippen LogP contribution in [0, 0.1) is 4.77 Å². The van der Waals surface area contributed by atoms with Gasteiger partial charge in [-0.1, -0.05) is 48.5 Å². The Morgan fingerprint density at radius 2 is 1.88 bits per heavy atom. The maximum Gasteiger partial charge on any atom is 0.216 e. The number of aromatic amines is 2. The molecule has 6 heteroatoms. The van der Waals surface area contributed by atoms with E-state index < -0.39 is 0 Å². The van der Waals surface area contributed by atoms with E-state index in [2.05, 4.69) is 38.5 Å². The molecular formula is C18H15N5S. The monoisotopic (exact) mass is 333 g/mol. The first-order valence-corrected chi connectivity index (χ1v) is 8.03. The highest BCUT2D eigenvalue weighted by molar-refractivity contribution is 7.71. The summed E-state index contributed by atoms with van der Waals surface area (Å²) in [7, 11) is 0. The lowest BCUT2D eigenvalue weighted by Gasteiger charge is -2.01. The fourth-order valence-corrected chi connectivity index (χ4v) is 2.86. The fraction of sp³-hybridized carbons (Fsp3) is 0.0556. The number of rotatable bonds is 4. The molecule has 0 radical (unpaired) electrons. The Bertz CT molecular complexity index is 1060. The Hall–Kier alpha value is -2.99. The molecule has 0 amide bonds. The zero-order valence-corrected chi connectivity index (χ0v) is 13.6. The van der Waals surface area contributed by atoms with Gasteiger partial charge in [0.05, 0.1) is 6.21 Å². The number of H-pyrrole nitrogens is 2. The van der Waals surface area contributed by atoms with Crippen molar-refractivity contribution in [3.05, 3.63) is 82.5 Å². The van der Waals surface area contributed by atoms with Gasteiger partial charge in [0.15, 0.2) is 5.82 Å². The normalized spacial score (nSPS) is 11.5. The molecule has 2 N–H and O–H groups in total. The van der Waals surface area contributed by atoms with Gasteiger partial charge < -0.3 is 4.98 Å². The lowest BCUT2D eigenvalue weighted by Crippen LogP contribution is -2.00. The number of hydrogen-bond donors (Lipinski definition) is 2. The van der Waals surface area contributed by atoms with Crippen LogP contribution in [0.4, 0.5) is 0 Å². The summed E-state index contributed by atoms with van der Waals surface area (Å²) in [6.07, 6.45) is 4.41. The average Bonchev–Trinajstić information content (AvgIpc) is 3.18. The Labute approximate surface area is 143 Å². The summed E-state index contributed by atoms with van der Waals surface area (Å²) in [5.74, 6) is 0.780. The number of nitrogens with one attached hydrogen (secondary N) is 2. The SMILES string of the molecule is S=c1[nH]nc(Cc2ccccc2)n1/N=C\c1c[nH]c2ccccc12. The van der Waals surface area contributed by atoms with E-state index in [4.69, 9.17) is 12.2 Å². The van der Waals surface area contributed by atoms with Gasteiger partial charge in [-0.15, -0.1) is 0 Å². The highest BCUT2D eigenvalue weighted by Gasteiger charge is 2.06. The maximum absolute atomic E-state index is 5.30. The van der Waals surface area contributed by atoms with Gasteiger partial charge in [-0.2, -0.15) is 14.9 Å². The standard InChI is InChI=1S/C18H15N5S/c24-18-22-21-17(10-13-6-2-1-3-7-13)23(18)20-12-14-11-19-16-9-5-4-8-15(14)16/h1-9,11-12,19H,10H2,(H,22,24)/b20-12-. The second-order valence-corrected chi connectivity index (χ2v) is 5.84. The summed E-state index contributed by atoms with van der Waals surface area (Å²) in [4.78, 5) is 3.24. The molecule has 0 saturated heterocycles. The van der Waals surface area contributed by atoms with Crippen LogP contribution >= 0.6 is 12.2 Å². The van der Waals surface area contributed by atoms with Crippen LogP contribution in [-0.2, 0) is 6.42 Å². The van der Waals surface area contributed by atoms with Crippen molar-refractivity contribution in [3.8, 4) is 0 Å². The lowest BCUT2D eigenvalue weighted by molar-refractivity contribution is 0.792. The molecule has 2 aromatic carbocycles. The number of para-hydroxylation sites is 1. The summed E-state index contributed by atoms with van der Waals surface area (Å²) < 4.78 is 2.15. The van der Waals surface area contributed by atoms with Crippen molar-refractivity contribution in [3.63, 3.8) is 0 Å². The Morgan fingerprint density at radius 1 is 1.08 bits per heavy atom. The Balaban J connectivity index is 1.67. The zero-order chi connectivity index (χ0) is 16.4. The molecule has 0 aliphatic heterocycles. The number of fused-ring (bicyclic) bond motifs is 1. The summed E-state index contributed by atoms with van der Waals surface area (Å²) in [6.45, 7) is 0. The minimum Gasteiger partial charge on any atom is -0.361 e. The molecule has 0 spiro atoms. The molecule has 0 unspecified atom stereocenters. The van der Waals surface area contributed by atoms with Crippen LogP contribution < -0.4 is 0 Å². The van der Waals surface area contributed by atoms with Crippen LogP contribution in [0.1, 0.15) is 17.0 Å². The van der Waals surface area contributed by atoms with E-state index in [1.807, 2.05) is 42.6 Å². The number of nitrogens with zero attached hydrogens (tertiary/aromatic N) is 3. The number of hydrogen-bond acceptors (Lipinski definition) is 3. The topological polar surface area (TPSA) is 61.8 Å². The van der Waals surface area contributed by atoms with Crippen LogP contribution in [-0.4, -0.2) is 26.1 Å². The first-order chi connectivity index (χ1) is 11.8. The predicted molar refractivity (Wildman–Crippen MR) is 98.0 cm³/mol. The molecule has 5 nitrogen and oxygen atoms in total. The van der Waals surface area contributed by atoms with Crippen molar-refractivity contribution in [2.75, 3.05) is 0 Å². The number of aromatic nitrogens is 4. The van der Waals surface area contributed by atoms with Gasteiger partial charge in [0.2, 0.25) is 4.77 Å². The van der Waals surface area contributed by atoms with Crippen LogP contribution in [0.15, 0.2) is 65.9 Å². The first kappa shape index (κ1) is 14.6. The third-order valence-corrected chi connectivity index (χ3v) is 4.12.